The summed E-state index contributed by atoms with van der Waals surface area (Å²) in [4.78, 5) is 11.0. The highest BCUT2D eigenvalue weighted by Gasteiger charge is 2.34. The lowest BCUT2D eigenvalue weighted by atomic mass is 9.71. The van der Waals surface area contributed by atoms with Crippen LogP contribution in [0.15, 0.2) is 24.3 Å². The molecule has 0 radical (unpaired) electrons. The van der Waals surface area contributed by atoms with Crippen LogP contribution in [-0.4, -0.2) is 5.24 Å². The minimum atomic E-state index is -0.174. The zero-order chi connectivity index (χ0) is 12.6. The largest absolute Gasteiger partial charge is 0.281 e. The highest BCUT2D eigenvalue weighted by molar-refractivity contribution is 6.64. The van der Waals surface area contributed by atoms with Gasteiger partial charge in [0, 0.05) is 5.92 Å². The number of carbonyl (C=O) groups is 1. The van der Waals surface area contributed by atoms with Gasteiger partial charge in [-0.2, -0.15) is 0 Å². The van der Waals surface area contributed by atoms with Crippen molar-refractivity contribution in [2.75, 3.05) is 0 Å². The average molecular weight is 251 g/mol. The van der Waals surface area contributed by atoms with E-state index >= 15 is 0 Å². The third-order valence-corrected chi connectivity index (χ3v) is 4.02. The SMILES string of the molecule is CC(C)(C)c1ccc(C2CC(C(=O)Cl)C2)cc1. The molecule has 0 unspecified atom stereocenters. The van der Waals surface area contributed by atoms with Gasteiger partial charge in [-0.1, -0.05) is 45.0 Å². The lowest BCUT2D eigenvalue weighted by Crippen LogP contribution is -2.26. The third-order valence-electron chi connectivity index (χ3n) is 3.71. The molecule has 0 aliphatic heterocycles. The molecule has 0 bridgehead atoms. The molecule has 1 saturated carbocycles. The Kier molecular flexibility index (Phi) is 3.31. The van der Waals surface area contributed by atoms with Crippen molar-refractivity contribution >= 4 is 16.8 Å². The van der Waals surface area contributed by atoms with E-state index < -0.39 is 0 Å². The van der Waals surface area contributed by atoms with E-state index in [0.29, 0.717) is 5.92 Å². The smallest absolute Gasteiger partial charge is 0.224 e. The predicted molar refractivity (Wildman–Crippen MR) is 71.5 cm³/mol. The molecular formula is C15H19ClO. The number of benzene rings is 1. The van der Waals surface area contributed by atoms with Crippen LogP contribution in [0, 0.1) is 5.92 Å². The first-order valence-electron chi connectivity index (χ1n) is 6.17. The lowest BCUT2D eigenvalue weighted by molar-refractivity contribution is -0.117. The minimum Gasteiger partial charge on any atom is -0.281 e. The Hall–Kier alpha value is -0.820. The number of rotatable bonds is 2. The van der Waals surface area contributed by atoms with Crippen LogP contribution in [0.1, 0.15) is 50.7 Å². The Morgan fingerprint density at radius 1 is 1.18 bits per heavy atom. The summed E-state index contributed by atoms with van der Waals surface area (Å²) in [6.45, 7) is 6.65. The minimum absolute atomic E-state index is 0.0870. The molecule has 2 heteroatoms. The Morgan fingerprint density at radius 2 is 1.71 bits per heavy atom. The standard InChI is InChI=1S/C15H19ClO/c1-15(2,3)13-6-4-10(5-7-13)11-8-12(9-11)14(16)17/h4-7,11-12H,8-9H2,1-3H3. The van der Waals surface area contributed by atoms with Crippen molar-refractivity contribution in [1.82, 2.24) is 0 Å². The van der Waals surface area contributed by atoms with Crippen LogP contribution in [0.3, 0.4) is 0 Å². The number of halogens is 1. The average Bonchev–Trinajstić information content (AvgIpc) is 2.14. The molecule has 0 N–H and O–H groups in total. The van der Waals surface area contributed by atoms with Crippen LogP contribution in [0.4, 0.5) is 0 Å². The molecular weight excluding hydrogens is 232 g/mol. The maximum absolute atomic E-state index is 11.0. The van der Waals surface area contributed by atoms with E-state index in [9.17, 15) is 4.79 Å². The first-order chi connectivity index (χ1) is 7.88. The molecule has 1 aromatic carbocycles. The summed E-state index contributed by atoms with van der Waals surface area (Å²) in [7, 11) is 0. The van der Waals surface area contributed by atoms with Crippen LogP contribution in [-0.2, 0) is 10.2 Å². The summed E-state index contributed by atoms with van der Waals surface area (Å²) in [5.74, 6) is 0.612. The van der Waals surface area contributed by atoms with Crippen LogP contribution in [0.5, 0.6) is 0 Å². The second-order valence-corrected chi connectivity index (χ2v) is 6.41. The monoisotopic (exact) mass is 250 g/mol. The van der Waals surface area contributed by atoms with Gasteiger partial charge in [0.1, 0.15) is 0 Å². The van der Waals surface area contributed by atoms with Crippen LogP contribution >= 0.6 is 11.6 Å². The van der Waals surface area contributed by atoms with Crippen molar-refractivity contribution < 1.29 is 4.79 Å². The Labute approximate surface area is 108 Å². The van der Waals surface area contributed by atoms with Crippen LogP contribution in [0.25, 0.3) is 0 Å². The molecule has 1 aliphatic rings. The molecule has 0 saturated heterocycles. The van der Waals surface area contributed by atoms with E-state index in [1.807, 2.05) is 0 Å². The van der Waals surface area contributed by atoms with Crippen molar-refractivity contribution in [1.29, 1.82) is 0 Å². The summed E-state index contributed by atoms with van der Waals surface area (Å²) in [6.07, 6.45) is 1.83. The van der Waals surface area contributed by atoms with Gasteiger partial charge in [-0.15, -0.1) is 0 Å². The van der Waals surface area contributed by atoms with Gasteiger partial charge in [0.15, 0.2) is 0 Å². The van der Waals surface area contributed by atoms with Gasteiger partial charge in [0.05, 0.1) is 0 Å². The molecule has 2 rings (SSSR count). The van der Waals surface area contributed by atoms with E-state index in [4.69, 9.17) is 11.6 Å². The summed E-state index contributed by atoms with van der Waals surface area (Å²) in [5, 5.41) is -0.174. The highest BCUT2D eigenvalue weighted by Crippen LogP contribution is 2.42. The van der Waals surface area contributed by atoms with Crippen molar-refractivity contribution in [3.63, 3.8) is 0 Å². The van der Waals surface area contributed by atoms with Crippen LogP contribution < -0.4 is 0 Å². The zero-order valence-electron chi connectivity index (χ0n) is 10.7. The first-order valence-corrected chi connectivity index (χ1v) is 6.55. The molecule has 0 atom stereocenters. The van der Waals surface area contributed by atoms with Crippen molar-refractivity contribution in [3.05, 3.63) is 35.4 Å². The van der Waals surface area contributed by atoms with Gasteiger partial charge in [-0.25, -0.2) is 0 Å². The van der Waals surface area contributed by atoms with Crippen LogP contribution in [0.2, 0.25) is 0 Å². The van der Waals surface area contributed by atoms with Crippen molar-refractivity contribution in [2.45, 2.75) is 44.9 Å². The fourth-order valence-corrected chi connectivity index (χ4v) is 2.51. The molecule has 0 heterocycles. The summed E-state index contributed by atoms with van der Waals surface area (Å²) in [5.41, 5.74) is 2.89. The van der Waals surface area contributed by atoms with Crippen molar-refractivity contribution in [2.24, 2.45) is 5.92 Å². The molecule has 1 aliphatic carbocycles. The number of hydrogen-bond acceptors (Lipinski definition) is 1. The molecule has 92 valence electrons. The van der Waals surface area contributed by atoms with Gasteiger partial charge in [0.25, 0.3) is 0 Å². The second-order valence-electron chi connectivity index (χ2n) is 6.04. The lowest BCUT2D eigenvalue weighted by Gasteiger charge is -2.33. The fraction of sp³-hybridized carbons (Fsp3) is 0.533. The van der Waals surface area contributed by atoms with E-state index in [1.165, 1.54) is 11.1 Å². The van der Waals surface area contributed by atoms with Gasteiger partial charge in [0.2, 0.25) is 5.24 Å². The summed E-state index contributed by atoms with van der Waals surface area (Å²) in [6, 6.07) is 8.79. The van der Waals surface area contributed by atoms with Gasteiger partial charge in [-0.3, -0.25) is 4.79 Å². The Balaban J connectivity index is 2.03. The van der Waals surface area contributed by atoms with Gasteiger partial charge >= 0.3 is 0 Å². The Bertz CT molecular complexity index is 408. The van der Waals surface area contributed by atoms with E-state index in [0.717, 1.165) is 12.8 Å². The maximum atomic E-state index is 11.0. The zero-order valence-corrected chi connectivity index (χ0v) is 11.4. The molecule has 1 nitrogen and oxygen atoms in total. The number of hydrogen-bond donors (Lipinski definition) is 0. The molecule has 0 spiro atoms. The maximum Gasteiger partial charge on any atom is 0.224 e. The van der Waals surface area contributed by atoms with E-state index in [1.54, 1.807) is 0 Å². The summed E-state index contributed by atoms with van der Waals surface area (Å²) < 4.78 is 0. The molecule has 0 amide bonds. The molecule has 17 heavy (non-hydrogen) atoms. The quantitative estimate of drug-likeness (QED) is 0.718. The topological polar surface area (TPSA) is 17.1 Å². The first kappa shape index (κ1) is 12.6. The highest BCUT2D eigenvalue weighted by atomic mass is 35.5. The number of carbonyl (C=O) groups excluding carboxylic acids is 1. The molecule has 1 fully saturated rings. The molecule has 0 aromatic heterocycles. The predicted octanol–water partition coefficient (Wildman–Crippen LogP) is 4.24. The van der Waals surface area contributed by atoms with Crippen molar-refractivity contribution in [3.8, 4) is 0 Å². The van der Waals surface area contributed by atoms with E-state index in [2.05, 4.69) is 45.0 Å². The fourth-order valence-electron chi connectivity index (χ4n) is 2.33. The third kappa shape index (κ3) is 2.71. The van der Waals surface area contributed by atoms with E-state index in [-0.39, 0.29) is 16.6 Å². The Morgan fingerprint density at radius 3 is 2.12 bits per heavy atom. The van der Waals surface area contributed by atoms with Gasteiger partial charge in [-0.05, 0) is 46.9 Å². The normalized spacial score (nSPS) is 24.2. The summed E-state index contributed by atoms with van der Waals surface area (Å²) >= 11 is 5.48. The molecule has 1 aromatic rings. The van der Waals surface area contributed by atoms with Gasteiger partial charge < -0.3 is 0 Å². The second kappa shape index (κ2) is 4.45.